The number of piperidine rings is 1. The van der Waals surface area contributed by atoms with Gasteiger partial charge < -0.3 is 15.3 Å². The summed E-state index contributed by atoms with van der Waals surface area (Å²) < 4.78 is 0. The van der Waals surface area contributed by atoms with Crippen LogP contribution in [0.5, 0.6) is 0 Å². The van der Waals surface area contributed by atoms with Crippen LogP contribution in [-0.2, 0) is 16.0 Å². The Morgan fingerprint density at radius 1 is 1.28 bits per heavy atom. The van der Waals surface area contributed by atoms with E-state index < -0.39 is 11.9 Å². The number of aryl methyl sites for hydroxylation is 1. The lowest BCUT2D eigenvalue weighted by atomic mass is 9.97. The van der Waals surface area contributed by atoms with Crippen LogP contribution in [0.4, 0.5) is 0 Å². The number of rotatable bonds is 7. The van der Waals surface area contributed by atoms with Crippen LogP contribution in [-0.4, -0.2) is 41.5 Å². The van der Waals surface area contributed by atoms with Gasteiger partial charge in [-0.3, -0.25) is 9.59 Å². The molecule has 6 heteroatoms. The summed E-state index contributed by atoms with van der Waals surface area (Å²) >= 11 is 0. The van der Waals surface area contributed by atoms with Gasteiger partial charge in [-0.05, 0) is 31.2 Å². The third-order valence-electron chi connectivity index (χ3n) is 4.36. The Hall–Kier alpha value is -2.81. The first-order valence-electron chi connectivity index (χ1n) is 8.51. The number of nitriles is 1. The van der Waals surface area contributed by atoms with E-state index in [4.69, 9.17) is 5.11 Å². The lowest BCUT2D eigenvalue weighted by Crippen LogP contribution is -2.41. The first-order chi connectivity index (χ1) is 12.1. The average molecular weight is 341 g/mol. The van der Waals surface area contributed by atoms with Gasteiger partial charge in [-0.25, -0.2) is 0 Å². The fourth-order valence-electron chi connectivity index (χ4n) is 2.86. The summed E-state index contributed by atoms with van der Waals surface area (Å²) in [7, 11) is 0. The molecule has 0 bridgehead atoms. The van der Waals surface area contributed by atoms with Gasteiger partial charge in [0.15, 0.2) is 0 Å². The van der Waals surface area contributed by atoms with Gasteiger partial charge >= 0.3 is 5.97 Å². The highest BCUT2D eigenvalue weighted by molar-refractivity contribution is 5.97. The van der Waals surface area contributed by atoms with Crippen LogP contribution >= 0.6 is 0 Å². The molecule has 1 amide bonds. The quantitative estimate of drug-likeness (QED) is 0.449. The van der Waals surface area contributed by atoms with Crippen molar-refractivity contribution in [3.05, 3.63) is 47.7 Å². The van der Waals surface area contributed by atoms with Gasteiger partial charge in [-0.1, -0.05) is 30.3 Å². The molecule has 1 aliphatic rings. The van der Waals surface area contributed by atoms with E-state index in [2.05, 4.69) is 17.4 Å². The van der Waals surface area contributed by atoms with Crippen LogP contribution in [0.25, 0.3) is 0 Å². The molecule has 2 N–H and O–H groups in total. The number of nitrogens with one attached hydrogen (secondary N) is 1. The van der Waals surface area contributed by atoms with Crippen LogP contribution in [0.1, 0.15) is 24.8 Å². The second-order valence-corrected chi connectivity index (χ2v) is 6.12. The standard InChI is InChI=1S/C19H23N3O3/c20-13-17(14-21-10-4-7-15-5-2-1-3-6-15)18(23)22-11-8-16(9-12-22)19(24)25/h1-3,5-6,14,16,21H,4,7-12H2,(H,24,25)/b17-14-. The van der Waals surface area contributed by atoms with Crippen molar-refractivity contribution in [2.45, 2.75) is 25.7 Å². The van der Waals surface area contributed by atoms with E-state index in [0.717, 1.165) is 12.8 Å². The predicted octanol–water partition coefficient (Wildman–Crippen LogP) is 1.94. The number of hydrogen-bond donors (Lipinski definition) is 2. The molecule has 2 rings (SSSR count). The molecule has 1 aromatic carbocycles. The highest BCUT2D eigenvalue weighted by Gasteiger charge is 2.28. The number of likely N-dealkylation sites (tertiary alicyclic amines) is 1. The maximum Gasteiger partial charge on any atom is 0.306 e. The second-order valence-electron chi connectivity index (χ2n) is 6.12. The van der Waals surface area contributed by atoms with Gasteiger partial charge in [0.05, 0.1) is 5.92 Å². The van der Waals surface area contributed by atoms with Crippen molar-refractivity contribution in [1.82, 2.24) is 10.2 Å². The van der Waals surface area contributed by atoms with Gasteiger partial charge in [0, 0.05) is 25.8 Å². The molecule has 6 nitrogen and oxygen atoms in total. The number of carboxylic acids is 1. The molecule has 0 atom stereocenters. The first-order valence-corrected chi connectivity index (χ1v) is 8.51. The summed E-state index contributed by atoms with van der Waals surface area (Å²) in [5.74, 6) is -1.54. The molecule has 1 aromatic rings. The van der Waals surface area contributed by atoms with E-state index in [9.17, 15) is 14.9 Å². The van der Waals surface area contributed by atoms with Crippen LogP contribution in [0.3, 0.4) is 0 Å². The summed E-state index contributed by atoms with van der Waals surface area (Å²) in [5, 5.41) is 21.2. The fourth-order valence-corrected chi connectivity index (χ4v) is 2.86. The summed E-state index contributed by atoms with van der Waals surface area (Å²) in [6, 6.07) is 12.1. The van der Waals surface area contributed by atoms with Gasteiger partial charge in [-0.15, -0.1) is 0 Å². The zero-order valence-corrected chi connectivity index (χ0v) is 14.1. The minimum atomic E-state index is -0.816. The van der Waals surface area contributed by atoms with E-state index in [0.29, 0.717) is 32.5 Å². The molecule has 1 fully saturated rings. The SMILES string of the molecule is N#C/C(=C/NCCCc1ccccc1)C(=O)N1CCC(C(=O)O)CC1. The molecule has 0 spiro atoms. The molecule has 1 saturated heterocycles. The lowest BCUT2D eigenvalue weighted by molar-refractivity contribution is -0.145. The average Bonchev–Trinajstić information content (AvgIpc) is 2.65. The zero-order valence-electron chi connectivity index (χ0n) is 14.1. The number of nitrogens with zero attached hydrogens (tertiary/aromatic N) is 2. The number of carbonyl (C=O) groups excluding carboxylic acids is 1. The highest BCUT2D eigenvalue weighted by atomic mass is 16.4. The number of amides is 1. The van der Waals surface area contributed by atoms with Crippen molar-refractivity contribution in [2.24, 2.45) is 5.92 Å². The van der Waals surface area contributed by atoms with E-state index in [1.807, 2.05) is 24.3 Å². The molecular formula is C19H23N3O3. The Bertz CT molecular complexity index is 656. The van der Waals surface area contributed by atoms with Crippen molar-refractivity contribution < 1.29 is 14.7 Å². The summed E-state index contributed by atoms with van der Waals surface area (Å²) in [6.07, 6.45) is 4.17. The molecule has 0 aromatic heterocycles. The Morgan fingerprint density at radius 3 is 2.56 bits per heavy atom. The minimum absolute atomic E-state index is 0.0634. The molecule has 0 saturated carbocycles. The van der Waals surface area contributed by atoms with E-state index in [1.165, 1.54) is 11.8 Å². The zero-order chi connectivity index (χ0) is 18.1. The van der Waals surface area contributed by atoms with Crippen LogP contribution < -0.4 is 5.32 Å². The Kier molecular flexibility index (Phi) is 7.02. The first kappa shape index (κ1) is 18.5. The molecular weight excluding hydrogens is 318 g/mol. The summed E-state index contributed by atoms with van der Waals surface area (Å²) in [4.78, 5) is 24.8. The summed E-state index contributed by atoms with van der Waals surface area (Å²) in [5.41, 5.74) is 1.32. The number of benzene rings is 1. The van der Waals surface area contributed by atoms with Gasteiger partial charge in [0.25, 0.3) is 5.91 Å². The molecule has 0 aliphatic carbocycles. The van der Waals surface area contributed by atoms with Gasteiger partial charge in [-0.2, -0.15) is 5.26 Å². The number of aliphatic carboxylic acids is 1. The second kappa shape index (κ2) is 9.48. The maximum absolute atomic E-state index is 12.3. The van der Waals surface area contributed by atoms with Crippen molar-refractivity contribution in [3.63, 3.8) is 0 Å². The predicted molar refractivity (Wildman–Crippen MR) is 93.4 cm³/mol. The molecule has 0 radical (unpaired) electrons. The fraction of sp³-hybridized carbons (Fsp3) is 0.421. The largest absolute Gasteiger partial charge is 0.481 e. The maximum atomic E-state index is 12.3. The van der Waals surface area contributed by atoms with Crippen LogP contribution in [0, 0.1) is 17.2 Å². The van der Waals surface area contributed by atoms with Crippen LogP contribution in [0.15, 0.2) is 42.1 Å². The molecule has 0 unspecified atom stereocenters. The number of carbonyl (C=O) groups is 2. The number of hydrogen-bond acceptors (Lipinski definition) is 4. The molecule has 132 valence electrons. The molecule has 25 heavy (non-hydrogen) atoms. The normalized spacial score (nSPS) is 15.5. The molecule has 1 heterocycles. The number of carboxylic acid groups (broad SMARTS) is 1. The summed E-state index contributed by atoms with van der Waals surface area (Å²) in [6.45, 7) is 1.43. The van der Waals surface area contributed by atoms with E-state index in [1.54, 1.807) is 4.90 Å². The highest BCUT2D eigenvalue weighted by Crippen LogP contribution is 2.18. The topological polar surface area (TPSA) is 93.4 Å². The Balaban J connectivity index is 1.76. The van der Waals surface area contributed by atoms with Gasteiger partial charge in [0.2, 0.25) is 0 Å². The Morgan fingerprint density at radius 2 is 1.96 bits per heavy atom. The molecule has 1 aliphatic heterocycles. The third-order valence-corrected chi connectivity index (χ3v) is 4.36. The monoisotopic (exact) mass is 341 g/mol. The van der Waals surface area contributed by atoms with E-state index in [-0.39, 0.29) is 11.5 Å². The van der Waals surface area contributed by atoms with Crippen LogP contribution in [0.2, 0.25) is 0 Å². The Labute approximate surface area is 147 Å². The van der Waals surface area contributed by atoms with Crippen molar-refractivity contribution >= 4 is 11.9 Å². The smallest absolute Gasteiger partial charge is 0.306 e. The van der Waals surface area contributed by atoms with E-state index >= 15 is 0 Å². The lowest BCUT2D eigenvalue weighted by Gasteiger charge is -2.29. The van der Waals surface area contributed by atoms with Gasteiger partial charge in [0.1, 0.15) is 11.6 Å². The van der Waals surface area contributed by atoms with Crippen molar-refractivity contribution in [2.75, 3.05) is 19.6 Å². The van der Waals surface area contributed by atoms with Crippen molar-refractivity contribution in [1.29, 1.82) is 5.26 Å². The minimum Gasteiger partial charge on any atom is -0.481 e. The third kappa shape index (κ3) is 5.64. The van der Waals surface area contributed by atoms with Crippen molar-refractivity contribution in [3.8, 4) is 6.07 Å².